The fraction of sp³-hybridized carbons (Fsp3) is 0.353. The summed E-state index contributed by atoms with van der Waals surface area (Å²) in [7, 11) is 1.91. The van der Waals surface area contributed by atoms with E-state index in [2.05, 4.69) is 25.9 Å². The van der Waals surface area contributed by atoms with Gasteiger partial charge in [-0.3, -0.25) is 9.48 Å². The highest BCUT2D eigenvalue weighted by atomic mass is 16.1. The quantitative estimate of drug-likeness (QED) is 0.730. The molecule has 0 saturated carbocycles. The van der Waals surface area contributed by atoms with Crippen LogP contribution in [0.15, 0.2) is 30.3 Å². The van der Waals surface area contributed by atoms with Crippen molar-refractivity contribution in [3.63, 3.8) is 0 Å². The van der Waals surface area contributed by atoms with Crippen LogP contribution in [0.1, 0.15) is 29.2 Å². The Morgan fingerprint density at radius 2 is 1.96 bits per heavy atom. The fourth-order valence-electron chi connectivity index (χ4n) is 2.77. The Labute approximate surface area is 145 Å². The van der Waals surface area contributed by atoms with Gasteiger partial charge >= 0.3 is 0 Å². The molecular weight excluding hydrogens is 318 g/mol. The number of aromatic nitrogens is 6. The van der Waals surface area contributed by atoms with Gasteiger partial charge in [-0.1, -0.05) is 18.2 Å². The molecule has 2 aromatic heterocycles. The predicted molar refractivity (Wildman–Crippen MR) is 92.0 cm³/mol. The summed E-state index contributed by atoms with van der Waals surface area (Å²) in [4.78, 5) is 12.2. The van der Waals surface area contributed by atoms with Crippen molar-refractivity contribution in [2.45, 2.75) is 33.2 Å². The molecule has 0 saturated heterocycles. The SMILES string of the molecule is Cc1nn(C)c(C)c1CCC(=O)NCc1nnnn1-c1ccccc1. The number of rotatable bonds is 6. The number of amides is 1. The van der Waals surface area contributed by atoms with Crippen LogP contribution in [-0.2, 0) is 24.8 Å². The molecule has 1 N–H and O–H groups in total. The van der Waals surface area contributed by atoms with E-state index in [9.17, 15) is 4.79 Å². The summed E-state index contributed by atoms with van der Waals surface area (Å²) in [6.07, 6.45) is 1.07. The van der Waals surface area contributed by atoms with E-state index in [4.69, 9.17) is 0 Å². The van der Waals surface area contributed by atoms with E-state index in [0.717, 1.165) is 22.6 Å². The highest BCUT2D eigenvalue weighted by Gasteiger charge is 2.13. The molecule has 0 aliphatic heterocycles. The van der Waals surface area contributed by atoms with Gasteiger partial charge in [-0.05, 0) is 48.4 Å². The molecule has 0 unspecified atom stereocenters. The lowest BCUT2D eigenvalue weighted by atomic mass is 10.1. The first kappa shape index (κ1) is 16.8. The fourth-order valence-corrected chi connectivity index (χ4v) is 2.77. The molecular formula is C17H21N7O. The molecule has 3 aromatic rings. The van der Waals surface area contributed by atoms with Gasteiger partial charge in [0.05, 0.1) is 17.9 Å². The summed E-state index contributed by atoms with van der Waals surface area (Å²) in [6, 6.07) is 9.58. The van der Waals surface area contributed by atoms with Gasteiger partial charge < -0.3 is 5.32 Å². The predicted octanol–water partition coefficient (Wildman–Crippen LogP) is 1.26. The number of hydrogen-bond donors (Lipinski definition) is 1. The summed E-state index contributed by atoms with van der Waals surface area (Å²) in [5.41, 5.74) is 4.06. The van der Waals surface area contributed by atoms with Crippen molar-refractivity contribution in [3.8, 4) is 5.69 Å². The highest BCUT2D eigenvalue weighted by Crippen LogP contribution is 2.14. The van der Waals surface area contributed by atoms with Gasteiger partial charge in [-0.15, -0.1) is 5.10 Å². The third-order valence-corrected chi connectivity index (χ3v) is 4.24. The molecule has 0 fully saturated rings. The van der Waals surface area contributed by atoms with Gasteiger partial charge in [-0.2, -0.15) is 9.78 Å². The summed E-state index contributed by atoms with van der Waals surface area (Å²) < 4.78 is 3.46. The first-order valence-corrected chi connectivity index (χ1v) is 8.14. The van der Waals surface area contributed by atoms with Gasteiger partial charge in [0.25, 0.3) is 0 Å². The molecule has 0 spiro atoms. The molecule has 8 heteroatoms. The van der Waals surface area contributed by atoms with Crippen molar-refractivity contribution in [2.24, 2.45) is 7.05 Å². The molecule has 0 aliphatic rings. The van der Waals surface area contributed by atoms with E-state index >= 15 is 0 Å². The molecule has 0 atom stereocenters. The van der Waals surface area contributed by atoms with Crippen molar-refractivity contribution in [2.75, 3.05) is 0 Å². The van der Waals surface area contributed by atoms with Gasteiger partial charge in [0.15, 0.2) is 5.82 Å². The second-order valence-electron chi connectivity index (χ2n) is 5.89. The van der Waals surface area contributed by atoms with Gasteiger partial charge in [0.1, 0.15) is 0 Å². The molecule has 0 aliphatic carbocycles. The van der Waals surface area contributed by atoms with E-state index in [0.29, 0.717) is 18.7 Å². The lowest BCUT2D eigenvalue weighted by Gasteiger charge is -2.07. The number of carbonyl (C=O) groups excluding carboxylic acids is 1. The van der Waals surface area contributed by atoms with Crippen LogP contribution >= 0.6 is 0 Å². The smallest absolute Gasteiger partial charge is 0.220 e. The van der Waals surface area contributed by atoms with E-state index in [1.807, 2.05) is 55.9 Å². The normalized spacial score (nSPS) is 10.8. The van der Waals surface area contributed by atoms with Crippen molar-refractivity contribution in [3.05, 3.63) is 53.1 Å². The number of para-hydroxylation sites is 1. The number of benzene rings is 1. The second-order valence-corrected chi connectivity index (χ2v) is 5.89. The number of hydrogen-bond acceptors (Lipinski definition) is 5. The summed E-state index contributed by atoms with van der Waals surface area (Å²) in [5, 5.41) is 18.9. The number of tetrazole rings is 1. The molecule has 8 nitrogen and oxygen atoms in total. The maximum Gasteiger partial charge on any atom is 0.220 e. The van der Waals surface area contributed by atoms with Gasteiger partial charge in [-0.25, -0.2) is 0 Å². The van der Waals surface area contributed by atoms with Crippen LogP contribution in [0.4, 0.5) is 0 Å². The Bertz CT molecular complexity index is 867. The van der Waals surface area contributed by atoms with Crippen molar-refractivity contribution < 1.29 is 4.79 Å². The van der Waals surface area contributed by atoms with E-state index < -0.39 is 0 Å². The van der Waals surface area contributed by atoms with Crippen molar-refractivity contribution >= 4 is 5.91 Å². The van der Waals surface area contributed by atoms with Gasteiger partial charge in [0.2, 0.25) is 5.91 Å². The molecule has 2 heterocycles. The summed E-state index contributed by atoms with van der Waals surface area (Å²) in [5.74, 6) is 0.554. The van der Waals surface area contributed by atoms with Crippen LogP contribution in [0.2, 0.25) is 0 Å². The molecule has 25 heavy (non-hydrogen) atoms. The van der Waals surface area contributed by atoms with E-state index in [-0.39, 0.29) is 12.5 Å². The van der Waals surface area contributed by atoms with Crippen LogP contribution in [0.5, 0.6) is 0 Å². The topological polar surface area (TPSA) is 90.5 Å². The largest absolute Gasteiger partial charge is 0.349 e. The van der Waals surface area contributed by atoms with Crippen molar-refractivity contribution in [1.82, 2.24) is 35.3 Å². The van der Waals surface area contributed by atoms with Crippen LogP contribution in [-0.4, -0.2) is 35.9 Å². The zero-order valence-corrected chi connectivity index (χ0v) is 14.6. The van der Waals surface area contributed by atoms with Crippen molar-refractivity contribution in [1.29, 1.82) is 0 Å². The standard InChI is InChI=1S/C17H21N7O/c1-12-15(13(2)23(3)20-12)9-10-17(25)18-11-16-19-21-22-24(16)14-7-5-4-6-8-14/h4-8H,9-11H2,1-3H3,(H,18,25). The molecule has 1 amide bonds. The summed E-state index contributed by atoms with van der Waals surface area (Å²) >= 11 is 0. The third-order valence-electron chi connectivity index (χ3n) is 4.24. The zero-order valence-electron chi connectivity index (χ0n) is 14.6. The zero-order chi connectivity index (χ0) is 17.8. The molecule has 0 radical (unpaired) electrons. The monoisotopic (exact) mass is 339 g/mol. The number of carbonyl (C=O) groups is 1. The van der Waals surface area contributed by atoms with E-state index in [1.54, 1.807) is 4.68 Å². The minimum absolute atomic E-state index is 0.0368. The average Bonchev–Trinajstić information content (AvgIpc) is 3.17. The maximum absolute atomic E-state index is 12.2. The Morgan fingerprint density at radius 3 is 2.64 bits per heavy atom. The molecule has 3 rings (SSSR count). The van der Waals surface area contributed by atoms with Crippen LogP contribution in [0.3, 0.4) is 0 Å². The number of nitrogens with zero attached hydrogens (tertiary/aromatic N) is 6. The maximum atomic E-state index is 12.2. The number of nitrogens with one attached hydrogen (secondary N) is 1. The minimum Gasteiger partial charge on any atom is -0.349 e. The molecule has 1 aromatic carbocycles. The Morgan fingerprint density at radius 1 is 1.20 bits per heavy atom. The Kier molecular flexibility index (Phi) is 4.87. The first-order valence-electron chi connectivity index (χ1n) is 8.14. The average molecular weight is 339 g/mol. The van der Waals surface area contributed by atoms with Crippen LogP contribution in [0, 0.1) is 13.8 Å². The second kappa shape index (κ2) is 7.25. The lowest BCUT2D eigenvalue weighted by Crippen LogP contribution is -2.25. The minimum atomic E-state index is -0.0368. The lowest BCUT2D eigenvalue weighted by molar-refractivity contribution is -0.121. The first-order chi connectivity index (χ1) is 12.1. The van der Waals surface area contributed by atoms with Crippen LogP contribution in [0.25, 0.3) is 5.69 Å². The molecule has 0 bridgehead atoms. The summed E-state index contributed by atoms with van der Waals surface area (Å²) in [6.45, 7) is 4.27. The Hall–Kier alpha value is -3.03. The number of aryl methyl sites for hydroxylation is 2. The Balaban J connectivity index is 1.58. The van der Waals surface area contributed by atoms with E-state index in [1.165, 1.54) is 0 Å². The van der Waals surface area contributed by atoms with Gasteiger partial charge in [0, 0.05) is 19.2 Å². The van der Waals surface area contributed by atoms with Crippen LogP contribution < -0.4 is 5.32 Å². The highest BCUT2D eigenvalue weighted by molar-refractivity contribution is 5.76. The third kappa shape index (κ3) is 3.73. The molecule has 130 valence electrons.